The third kappa shape index (κ3) is 3.20. The molecule has 0 amide bonds. The molecule has 0 saturated heterocycles. The van der Waals surface area contributed by atoms with Crippen LogP contribution in [0.25, 0.3) is 0 Å². The van der Waals surface area contributed by atoms with Gasteiger partial charge in [0.05, 0.1) is 11.8 Å². The Morgan fingerprint density at radius 1 is 1.28 bits per heavy atom. The Morgan fingerprint density at radius 2 is 1.94 bits per heavy atom. The summed E-state index contributed by atoms with van der Waals surface area (Å²) in [7, 11) is 0. The molecular weight excluding hydrogens is 222 g/mol. The van der Waals surface area contributed by atoms with Crippen molar-refractivity contribution in [1.29, 1.82) is 0 Å². The van der Waals surface area contributed by atoms with Gasteiger partial charge >= 0.3 is 0 Å². The van der Waals surface area contributed by atoms with E-state index in [1.807, 2.05) is 13.0 Å². The summed E-state index contributed by atoms with van der Waals surface area (Å²) < 4.78 is 0. The Kier molecular flexibility index (Phi) is 5.54. The van der Waals surface area contributed by atoms with Crippen LogP contribution in [0.1, 0.15) is 63.3 Å². The zero-order chi connectivity index (χ0) is 13.7. The molecule has 0 bridgehead atoms. The van der Waals surface area contributed by atoms with Crippen LogP contribution in [-0.2, 0) is 6.42 Å². The minimum absolute atomic E-state index is 0.383. The van der Waals surface area contributed by atoms with E-state index in [0.717, 1.165) is 41.8 Å². The van der Waals surface area contributed by atoms with Gasteiger partial charge in [-0.2, -0.15) is 0 Å². The Morgan fingerprint density at radius 3 is 2.44 bits per heavy atom. The van der Waals surface area contributed by atoms with Crippen LogP contribution in [0.15, 0.2) is 17.1 Å². The first kappa shape index (κ1) is 14.9. The molecule has 1 aromatic rings. The van der Waals surface area contributed by atoms with Crippen molar-refractivity contribution in [2.75, 3.05) is 0 Å². The van der Waals surface area contributed by atoms with Crippen molar-refractivity contribution in [3.63, 3.8) is 0 Å². The highest BCUT2D eigenvalue weighted by atomic mass is 16.3. The van der Waals surface area contributed by atoms with Gasteiger partial charge in [0.25, 0.3) is 0 Å². The number of aliphatic hydroxyl groups is 1. The summed E-state index contributed by atoms with van der Waals surface area (Å²) in [6, 6.07) is 4.14. The van der Waals surface area contributed by atoms with Gasteiger partial charge in [-0.25, -0.2) is 0 Å². The monoisotopic (exact) mass is 247 g/mol. The van der Waals surface area contributed by atoms with Crippen molar-refractivity contribution in [3.8, 4) is 0 Å². The first-order valence-electron chi connectivity index (χ1n) is 6.89. The topological polar surface area (TPSA) is 32.6 Å². The molecule has 100 valence electrons. The van der Waals surface area contributed by atoms with E-state index in [1.165, 1.54) is 5.56 Å². The fourth-order valence-corrected chi connectivity index (χ4v) is 2.06. The van der Waals surface area contributed by atoms with Crippen LogP contribution in [-0.4, -0.2) is 10.8 Å². The average Bonchev–Trinajstić information content (AvgIpc) is 2.39. The van der Waals surface area contributed by atoms with Crippen molar-refractivity contribution < 1.29 is 5.11 Å². The summed E-state index contributed by atoms with van der Waals surface area (Å²) in [5.74, 6) is 0. The van der Waals surface area contributed by atoms with E-state index in [1.54, 1.807) is 0 Å². The largest absolute Gasteiger partial charge is 0.388 e. The highest BCUT2D eigenvalue weighted by Gasteiger charge is 2.13. The van der Waals surface area contributed by atoms with Gasteiger partial charge in [0.15, 0.2) is 0 Å². The van der Waals surface area contributed by atoms with E-state index < -0.39 is 0 Å². The van der Waals surface area contributed by atoms with Gasteiger partial charge in [0, 0.05) is 5.71 Å². The maximum absolute atomic E-state index is 10.0. The molecule has 0 saturated carbocycles. The van der Waals surface area contributed by atoms with Crippen LogP contribution in [0.5, 0.6) is 0 Å². The zero-order valence-electron chi connectivity index (χ0n) is 12.2. The Labute approximate surface area is 111 Å². The smallest absolute Gasteiger partial charge is 0.0790 e. The molecule has 1 N–H and O–H groups in total. The Balaban J connectivity index is 3.36. The van der Waals surface area contributed by atoms with Crippen LogP contribution in [0.2, 0.25) is 0 Å². The second kappa shape index (κ2) is 6.69. The highest BCUT2D eigenvalue weighted by molar-refractivity contribution is 5.85. The van der Waals surface area contributed by atoms with E-state index in [9.17, 15) is 5.11 Å². The first-order chi connectivity index (χ1) is 8.54. The number of aliphatic imine (C=N–C) groups is 1. The van der Waals surface area contributed by atoms with Crippen LogP contribution in [0.4, 0.5) is 5.69 Å². The minimum atomic E-state index is -0.383. The molecule has 1 aromatic carbocycles. The van der Waals surface area contributed by atoms with E-state index in [0.29, 0.717) is 0 Å². The fourth-order valence-electron chi connectivity index (χ4n) is 2.06. The normalized spacial score (nSPS) is 13.8. The summed E-state index contributed by atoms with van der Waals surface area (Å²) in [6.07, 6.45) is 2.29. The predicted octanol–water partition coefficient (Wildman–Crippen LogP) is 4.50. The van der Waals surface area contributed by atoms with Gasteiger partial charge in [-0.15, -0.1) is 0 Å². The molecule has 1 atom stereocenters. The van der Waals surface area contributed by atoms with Gasteiger partial charge in [-0.1, -0.05) is 32.9 Å². The Bertz CT molecular complexity index is 435. The SMILES string of the molecule is CCC(C)=Nc1c(CC)ccc(C(O)CC)c1C. The maximum atomic E-state index is 10.0. The van der Waals surface area contributed by atoms with Crippen molar-refractivity contribution in [2.24, 2.45) is 4.99 Å². The fraction of sp³-hybridized carbons (Fsp3) is 0.562. The Hall–Kier alpha value is -1.15. The zero-order valence-corrected chi connectivity index (χ0v) is 12.2. The number of rotatable bonds is 5. The number of nitrogens with zero attached hydrogens (tertiary/aromatic N) is 1. The minimum Gasteiger partial charge on any atom is -0.388 e. The molecule has 0 radical (unpaired) electrons. The number of hydrogen-bond donors (Lipinski definition) is 1. The molecule has 1 unspecified atom stereocenters. The lowest BCUT2D eigenvalue weighted by atomic mass is 9.96. The summed E-state index contributed by atoms with van der Waals surface area (Å²) >= 11 is 0. The quantitative estimate of drug-likeness (QED) is 0.763. The molecule has 0 heterocycles. The van der Waals surface area contributed by atoms with E-state index in [-0.39, 0.29) is 6.10 Å². The van der Waals surface area contributed by atoms with Crippen molar-refractivity contribution in [3.05, 3.63) is 28.8 Å². The molecular formula is C16H25NO. The molecule has 0 aromatic heterocycles. The van der Waals surface area contributed by atoms with Gasteiger partial charge in [0.2, 0.25) is 0 Å². The van der Waals surface area contributed by atoms with Gasteiger partial charge < -0.3 is 5.11 Å². The highest BCUT2D eigenvalue weighted by Crippen LogP contribution is 2.32. The number of aliphatic hydroxyl groups excluding tert-OH is 1. The standard InChI is InChI=1S/C16H25NO/c1-6-11(4)17-16-12(5)14(15(18)8-3)10-9-13(16)7-2/h9-10,15,18H,6-8H2,1-5H3. The summed E-state index contributed by atoms with van der Waals surface area (Å²) in [4.78, 5) is 4.73. The summed E-state index contributed by atoms with van der Waals surface area (Å²) in [5.41, 5.74) is 5.58. The van der Waals surface area contributed by atoms with Crippen LogP contribution >= 0.6 is 0 Å². The second-order valence-corrected chi connectivity index (χ2v) is 4.77. The first-order valence-corrected chi connectivity index (χ1v) is 6.89. The van der Waals surface area contributed by atoms with Gasteiger partial charge in [0.1, 0.15) is 0 Å². The van der Waals surface area contributed by atoms with Gasteiger partial charge in [-0.05, 0) is 49.8 Å². The van der Waals surface area contributed by atoms with Crippen LogP contribution in [0.3, 0.4) is 0 Å². The second-order valence-electron chi connectivity index (χ2n) is 4.77. The third-order valence-corrected chi connectivity index (χ3v) is 3.50. The lowest BCUT2D eigenvalue weighted by molar-refractivity contribution is 0.173. The molecule has 1 rings (SSSR count). The lowest BCUT2D eigenvalue weighted by Crippen LogP contribution is -2.01. The maximum Gasteiger partial charge on any atom is 0.0790 e. The lowest BCUT2D eigenvalue weighted by Gasteiger charge is -2.16. The molecule has 0 aliphatic rings. The number of aryl methyl sites for hydroxylation is 1. The average molecular weight is 247 g/mol. The van der Waals surface area contributed by atoms with E-state index >= 15 is 0 Å². The number of benzene rings is 1. The molecule has 0 fully saturated rings. The van der Waals surface area contributed by atoms with Crippen molar-refractivity contribution >= 4 is 11.4 Å². The molecule has 18 heavy (non-hydrogen) atoms. The summed E-state index contributed by atoms with van der Waals surface area (Å²) in [5, 5.41) is 10.0. The third-order valence-electron chi connectivity index (χ3n) is 3.50. The van der Waals surface area contributed by atoms with E-state index in [2.05, 4.69) is 33.8 Å². The molecule has 0 spiro atoms. The van der Waals surface area contributed by atoms with Gasteiger partial charge in [-0.3, -0.25) is 4.99 Å². The van der Waals surface area contributed by atoms with Crippen LogP contribution in [0, 0.1) is 6.92 Å². The molecule has 2 heteroatoms. The molecule has 2 nitrogen and oxygen atoms in total. The van der Waals surface area contributed by atoms with Crippen molar-refractivity contribution in [1.82, 2.24) is 0 Å². The van der Waals surface area contributed by atoms with Crippen LogP contribution < -0.4 is 0 Å². The van der Waals surface area contributed by atoms with Crippen molar-refractivity contribution in [2.45, 2.75) is 60.0 Å². The summed E-state index contributed by atoms with van der Waals surface area (Å²) in [6.45, 7) is 10.4. The van der Waals surface area contributed by atoms with E-state index in [4.69, 9.17) is 4.99 Å². The molecule has 0 aliphatic heterocycles. The number of hydrogen-bond acceptors (Lipinski definition) is 2. The predicted molar refractivity (Wildman–Crippen MR) is 78.9 cm³/mol. The molecule has 0 aliphatic carbocycles.